The van der Waals surface area contributed by atoms with Crippen molar-refractivity contribution in [2.45, 2.75) is 25.3 Å². The molecular weight excluding hydrogens is 468 g/mol. The molecule has 0 bridgehead atoms. The molecule has 6 rings (SSSR count). The second-order valence-electron chi connectivity index (χ2n) is 9.70. The van der Waals surface area contributed by atoms with Crippen molar-refractivity contribution in [2.75, 3.05) is 50.0 Å². The van der Waals surface area contributed by atoms with Crippen LogP contribution in [0.15, 0.2) is 34.8 Å². The lowest BCUT2D eigenvalue weighted by molar-refractivity contribution is -0.0660. The van der Waals surface area contributed by atoms with E-state index in [1.165, 1.54) is 0 Å². The summed E-state index contributed by atoms with van der Waals surface area (Å²) in [4.78, 5) is 22.1. The number of nitrogen functional groups attached to an aromatic ring is 1. The predicted molar refractivity (Wildman–Crippen MR) is 131 cm³/mol. The summed E-state index contributed by atoms with van der Waals surface area (Å²) in [5.41, 5.74) is 12.0. The van der Waals surface area contributed by atoms with Gasteiger partial charge in [0.1, 0.15) is 0 Å². The number of fused-ring (bicyclic) bond motifs is 4. The van der Waals surface area contributed by atoms with Gasteiger partial charge in [-0.1, -0.05) is 19.9 Å². The van der Waals surface area contributed by atoms with E-state index < -0.39 is 0 Å². The molecule has 3 N–H and O–H groups in total. The van der Waals surface area contributed by atoms with E-state index in [9.17, 15) is 4.79 Å². The summed E-state index contributed by atoms with van der Waals surface area (Å²) < 4.78 is 6.35. The van der Waals surface area contributed by atoms with Gasteiger partial charge in [-0.3, -0.25) is 9.69 Å². The number of carbonyl (C=O) groups excluding carboxylic acids is 1. The zero-order valence-electron chi connectivity index (χ0n) is 18.4. The second-order valence-corrected chi connectivity index (χ2v) is 10.6. The lowest BCUT2D eigenvalue weighted by Gasteiger charge is -2.43. The number of ketones is 1. The molecule has 3 aromatic rings. The minimum atomic E-state index is -0.326. The van der Waals surface area contributed by atoms with Gasteiger partial charge in [0.2, 0.25) is 0 Å². The Bertz CT molecular complexity index is 1250. The van der Waals surface area contributed by atoms with E-state index in [0.717, 1.165) is 82.8 Å². The average Bonchev–Trinajstić information content (AvgIpc) is 3.11. The number of H-pyrrole nitrogens is 1. The summed E-state index contributed by atoms with van der Waals surface area (Å²) in [6.07, 6.45) is 0. The van der Waals surface area contributed by atoms with Gasteiger partial charge in [0, 0.05) is 63.9 Å². The van der Waals surface area contributed by atoms with E-state index in [1.54, 1.807) is 0 Å². The van der Waals surface area contributed by atoms with Crippen LogP contribution in [0.3, 0.4) is 0 Å². The first-order chi connectivity index (χ1) is 15.3. The van der Waals surface area contributed by atoms with Crippen LogP contribution in [-0.4, -0.2) is 61.1 Å². The molecule has 2 aromatic carbocycles. The Labute approximate surface area is 195 Å². The normalized spacial score (nSPS) is 20.8. The molecule has 0 amide bonds. The highest BCUT2D eigenvalue weighted by Crippen LogP contribution is 2.46. The van der Waals surface area contributed by atoms with Crippen LogP contribution < -0.4 is 10.6 Å². The first-order valence-corrected chi connectivity index (χ1v) is 12.0. The Morgan fingerprint density at radius 1 is 1.12 bits per heavy atom. The molecule has 1 aliphatic carbocycles. The fourth-order valence-electron chi connectivity index (χ4n) is 5.46. The van der Waals surface area contributed by atoms with Gasteiger partial charge in [0.15, 0.2) is 5.78 Å². The maximum absolute atomic E-state index is 13.6. The summed E-state index contributed by atoms with van der Waals surface area (Å²) >= 11 is 3.78. The maximum atomic E-state index is 13.6. The molecule has 3 heterocycles. The van der Waals surface area contributed by atoms with Crippen molar-refractivity contribution in [1.82, 2.24) is 9.88 Å². The summed E-state index contributed by atoms with van der Waals surface area (Å²) in [7, 11) is 0. The molecule has 32 heavy (non-hydrogen) atoms. The van der Waals surface area contributed by atoms with E-state index in [0.29, 0.717) is 11.7 Å². The topological polar surface area (TPSA) is 74.6 Å². The summed E-state index contributed by atoms with van der Waals surface area (Å²) in [6, 6.07) is 10.6. The number of nitrogens with one attached hydrogen (secondary N) is 1. The highest BCUT2D eigenvalue weighted by atomic mass is 79.9. The molecule has 1 aromatic heterocycles. The third-order valence-corrected chi connectivity index (χ3v) is 8.11. The number of ether oxygens (including phenoxy) is 1. The van der Waals surface area contributed by atoms with Gasteiger partial charge in [-0.2, -0.15) is 0 Å². The molecule has 2 aliphatic heterocycles. The van der Waals surface area contributed by atoms with E-state index >= 15 is 0 Å². The third-order valence-electron chi connectivity index (χ3n) is 7.47. The highest BCUT2D eigenvalue weighted by molar-refractivity contribution is 9.10. The fourth-order valence-corrected chi connectivity index (χ4v) is 6.05. The van der Waals surface area contributed by atoms with Crippen LogP contribution in [0.25, 0.3) is 10.9 Å². The number of anilines is 2. The van der Waals surface area contributed by atoms with Crippen molar-refractivity contribution in [1.29, 1.82) is 0 Å². The van der Waals surface area contributed by atoms with Crippen molar-refractivity contribution < 1.29 is 9.53 Å². The maximum Gasteiger partial charge on any atom is 0.195 e. The van der Waals surface area contributed by atoms with Crippen molar-refractivity contribution in [3.63, 3.8) is 0 Å². The molecule has 0 saturated carbocycles. The van der Waals surface area contributed by atoms with Crippen molar-refractivity contribution in [2.24, 2.45) is 0 Å². The number of aromatic amines is 1. The van der Waals surface area contributed by atoms with Crippen LogP contribution in [-0.2, 0) is 10.2 Å². The number of carbonyl (C=O) groups is 1. The van der Waals surface area contributed by atoms with Crippen molar-refractivity contribution in [3.8, 4) is 0 Å². The first kappa shape index (κ1) is 20.3. The third kappa shape index (κ3) is 2.87. The molecule has 166 valence electrons. The lowest BCUT2D eigenvalue weighted by Crippen LogP contribution is -2.56. The first-order valence-electron chi connectivity index (χ1n) is 11.2. The molecule has 6 nitrogen and oxygen atoms in total. The quantitative estimate of drug-likeness (QED) is 0.528. The number of hydrogen-bond acceptors (Lipinski definition) is 5. The van der Waals surface area contributed by atoms with Crippen LogP contribution in [0, 0.1) is 0 Å². The number of benzene rings is 2. The smallest absolute Gasteiger partial charge is 0.195 e. The van der Waals surface area contributed by atoms with Gasteiger partial charge in [-0.15, -0.1) is 0 Å². The molecule has 0 spiro atoms. The van der Waals surface area contributed by atoms with Crippen LogP contribution >= 0.6 is 15.9 Å². The molecule has 3 aliphatic rings. The van der Waals surface area contributed by atoms with Crippen LogP contribution in [0.4, 0.5) is 11.4 Å². The number of aromatic nitrogens is 1. The van der Waals surface area contributed by atoms with E-state index in [-0.39, 0.29) is 11.2 Å². The van der Waals surface area contributed by atoms with Crippen LogP contribution in [0.5, 0.6) is 0 Å². The largest absolute Gasteiger partial charge is 0.399 e. The number of hydrogen-bond donors (Lipinski definition) is 2. The Morgan fingerprint density at radius 2 is 1.88 bits per heavy atom. The molecule has 2 fully saturated rings. The number of piperazine rings is 1. The predicted octanol–water partition coefficient (Wildman–Crippen LogP) is 3.90. The van der Waals surface area contributed by atoms with Gasteiger partial charge < -0.3 is 20.4 Å². The lowest BCUT2D eigenvalue weighted by atomic mass is 9.71. The number of halogens is 1. The number of nitrogens with zero attached hydrogens (tertiary/aromatic N) is 2. The van der Waals surface area contributed by atoms with Gasteiger partial charge >= 0.3 is 0 Å². The standard InChI is InChI=1S/C25H27BrN4O2/c1-25(2)18-11-21(30-7-5-29(6-8-30)15-12-32-13-15)19(26)10-17(18)23(31)22-16-4-3-14(27)9-20(16)28-24(22)25/h3-4,9-11,15,28H,5-8,12-13,27H2,1-2H3. The fraction of sp³-hybridized carbons (Fsp3) is 0.400. The van der Waals surface area contributed by atoms with E-state index in [4.69, 9.17) is 10.5 Å². The molecular formula is C25H27BrN4O2. The van der Waals surface area contributed by atoms with Gasteiger partial charge in [-0.05, 0) is 45.8 Å². The van der Waals surface area contributed by atoms with E-state index in [2.05, 4.69) is 50.6 Å². The molecule has 2 saturated heterocycles. The van der Waals surface area contributed by atoms with Crippen LogP contribution in [0.2, 0.25) is 0 Å². The molecule has 0 atom stereocenters. The summed E-state index contributed by atoms with van der Waals surface area (Å²) in [5, 5.41) is 0.939. The second kappa shape index (κ2) is 7.07. The SMILES string of the molecule is CC1(C)c2cc(N3CCN(C4COC4)CC3)c(Br)cc2C(=O)c2c1[nH]c1cc(N)ccc21. The molecule has 0 radical (unpaired) electrons. The summed E-state index contributed by atoms with van der Waals surface area (Å²) in [5.74, 6) is 0.0763. The zero-order valence-corrected chi connectivity index (χ0v) is 20.0. The monoisotopic (exact) mass is 494 g/mol. The number of nitrogens with two attached hydrogens (primary N) is 1. The van der Waals surface area contributed by atoms with Crippen LogP contribution in [0.1, 0.15) is 41.0 Å². The number of rotatable bonds is 2. The van der Waals surface area contributed by atoms with Gasteiger partial charge in [-0.25, -0.2) is 0 Å². The highest BCUT2D eigenvalue weighted by Gasteiger charge is 2.40. The zero-order chi connectivity index (χ0) is 22.2. The Hall–Kier alpha value is -2.35. The minimum Gasteiger partial charge on any atom is -0.399 e. The summed E-state index contributed by atoms with van der Waals surface area (Å²) in [6.45, 7) is 10.1. The van der Waals surface area contributed by atoms with E-state index in [1.807, 2.05) is 24.3 Å². The van der Waals surface area contributed by atoms with Gasteiger partial charge in [0.05, 0.1) is 30.5 Å². The molecule has 0 unspecified atom stereocenters. The Kier molecular flexibility index (Phi) is 4.48. The van der Waals surface area contributed by atoms with Gasteiger partial charge in [0.25, 0.3) is 0 Å². The Balaban J connectivity index is 1.40. The molecule has 7 heteroatoms. The van der Waals surface area contributed by atoms with Crippen molar-refractivity contribution in [3.05, 3.63) is 57.2 Å². The average molecular weight is 495 g/mol. The minimum absolute atomic E-state index is 0.0763. The van der Waals surface area contributed by atoms with Crippen molar-refractivity contribution >= 4 is 44.0 Å². The Morgan fingerprint density at radius 3 is 2.56 bits per heavy atom.